The third kappa shape index (κ3) is 2.36. The van der Waals surface area contributed by atoms with Gasteiger partial charge >= 0.3 is 5.97 Å². The monoisotopic (exact) mass is 168 g/mol. The summed E-state index contributed by atoms with van der Waals surface area (Å²) in [4.78, 5) is 10.9. The normalized spacial score (nSPS) is 28.7. The summed E-state index contributed by atoms with van der Waals surface area (Å²) in [5, 5.41) is 0. The van der Waals surface area contributed by atoms with Gasteiger partial charge in [-0.2, -0.15) is 0 Å². The zero-order valence-electron chi connectivity index (χ0n) is 7.80. The van der Waals surface area contributed by atoms with Crippen molar-refractivity contribution in [2.75, 3.05) is 0 Å². The second-order valence-corrected chi connectivity index (χ2v) is 3.71. The molecule has 0 saturated carbocycles. The van der Waals surface area contributed by atoms with Gasteiger partial charge in [0.05, 0.1) is 6.42 Å². The molecule has 0 amide bonds. The number of rotatable bonds is 3. The minimum absolute atomic E-state index is 0.0470. The molecular formula is C10H16O2. The number of carbonyl (C=O) groups is 1. The van der Waals surface area contributed by atoms with Crippen LogP contribution >= 0.6 is 0 Å². The van der Waals surface area contributed by atoms with Gasteiger partial charge in [0.2, 0.25) is 0 Å². The lowest BCUT2D eigenvalue weighted by molar-refractivity contribution is -0.141. The minimum atomic E-state index is -0.0470. The van der Waals surface area contributed by atoms with E-state index in [2.05, 4.69) is 13.5 Å². The maximum atomic E-state index is 10.9. The SMILES string of the molecule is C=C(C)CC[C@H]1OC(=O)C[C@@H]1C. The molecule has 0 bridgehead atoms. The van der Waals surface area contributed by atoms with E-state index in [1.54, 1.807) is 0 Å². The van der Waals surface area contributed by atoms with E-state index < -0.39 is 0 Å². The van der Waals surface area contributed by atoms with Gasteiger partial charge in [-0.3, -0.25) is 4.79 Å². The molecule has 2 nitrogen and oxygen atoms in total. The topological polar surface area (TPSA) is 26.3 Å². The van der Waals surface area contributed by atoms with E-state index in [0.29, 0.717) is 12.3 Å². The molecule has 0 aromatic rings. The summed E-state index contributed by atoms with van der Waals surface area (Å²) in [7, 11) is 0. The van der Waals surface area contributed by atoms with E-state index in [4.69, 9.17) is 4.74 Å². The Morgan fingerprint density at radius 1 is 1.75 bits per heavy atom. The summed E-state index contributed by atoms with van der Waals surface area (Å²) >= 11 is 0. The number of hydrogen-bond donors (Lipinski definition) is 0. The van der Waals surface area contributed by atoms with Crippen molar-refractivity contribution in [3.05, 3.63) is 12.2 Å². The second kappa shape index (κ2) is 3.74. The van der Waals surface area contributed by atoms with Crippen molar-refractivity contribution in [3.8, 4) is 0 Å². The molecule has 0 aliphatic carbocycles. The summed E-state index contributed by atoms with van der Waals surface area (Å²) in [5.74, 6) is 0.339. The molecule has 1 heterocycles. The number of carbonyl (C=O) groups excluding carboxylic acids is 1. The highest BCUT2D eigenvalue weighted by molar-refractivity contribution is 5.71. The maximum Gasteiger partial charge on any atom is 0.306 e. The number of esters is 1. The molecule has 0 spiro atoms. The first-order valence-corrected chi connectivity index (χ1v) is 4.43. The fraction of sp³-hybridized carbons (Fsp3) is 0.700. The summed E-state index contributed by atoms with van der Waals surface area (Å²) in [6.07, 6.45) is 2.61. The largest absolute Gasteiger partial charge is 0.462 e. The highest BCUT2D eigenvalue weighted by Crippen LogP contribution is 2.25. The van der Waals surface area contributed by atoms with Gasteiger partial charge in [0.25, 0.3) is 0 Å². The number of ether oxygens (including phenoxy) is 1. The van der Waals surface area contributed by atoms with Crippen molar-refractivity contribution in [1.29, 1.82) is 0 Å². The number of hydrogen-bond acceptors (Lipinski definition) is 2. The first-order valence-electron chi connectivity index (χ1n) is 4.43. The third-order valence-corrected chi connectivity index (χ3v) is 2.26. The van der Waals surface area contributed by atoms with Gasteiger partial charge in [-0.25, -0.2) is 0 Å². The predicted molar refractivity (Wildman–Crippen MR) is 47.7 cm³/mol. The van der Waals surface area contributed by atoms with Gasteiger partial charge in [0.1, 0.15) is 6.10 Å². The first kappa shape index (κ1) is 9.30. The molecule has 1 aliphatic rings. The maximum absolute atomic E-state index is 10.9. The van der Waals surface area contributed by atoms with Crippen LogP contribution in [-0.2, 0) is 9.53 Å². The Morgan fingerprint density at radius 2 is 2.42 bits per heavy atom. The van der Waals surface area contributed by atoms with Crippen molar-refractivity contribution in [1.82, 2.24) is 0 Å². The Balaban J connectivity index is 2.33. The molecule has 1 rings (SSSR count). The lowest BCUT2D eigenvalue weighted by Crippen LogP contribution is -2.13. The molecule has 2 atom stereocenters. The molecule has 0 unspecified atom stereocenters. The molecule has 12 heavy (non-hydrogen) atoms. The van der Waals surface area contributed by atoms with Gasteiger partial charge in [-0.1, -0.05) is 12.5 Å². The van der Waals surface area contributed by atoms with Gasteiger partial charge in [0.15, 0.2) is 0 Å². The zero-order chi connectivity index (χ0) is 9.14. The van der Waals surface area contributed by atoms with Crippen molar-refractivity contribution >= 4 is 5.97 Å². The van der Waals surface area contributed by atoms with E-state index in [1.807, 2.05) is 6.92 Å². The Bertz CT molecular complexity index is 196. The Labute approximate surface area is 73.6 Å². The van der Waals surface area contributed by atoms with Crippen molar-refractivity contribution in [2.24, 2.45) is 5.92 Å². The van der Waals surface area contributed by atoms with Crippen LogP contribution in [-0.4, -0.2) is 12.1 Å². The van der Waals surface area contributed by atoms with E-state index in [0.717, 1.165) is 18.4 Å². The molecule has 0 N–H and O–H groups in total. The van der Waals surface area contributed by atoms with Crippen LogP contribution in [0.1, 0.15) is 33.1 Å². The third-order valence-electron chi connectivity index (χ3n) is 2.26. The van der Waals surface area contributed by atoms with E-state index in [1.165, 1.54) is 0 Å². The summed E-state index contributed by atoms with van der Waals surface area (Å²) < 4.78 is 5.14. The Hall–Kier alpha value is -0.790. The van der Waals surface area contributed by atoms with Gasteiger partial charge in [-0.15, -0.1) is 6.58 Å². The van der Waals surface area contributed by atoms with Crippen LogP contribution in [0, 0.1) is 5.92 Å². The van der Waals surface area contributed by atoms with Crippen LogP contribution in [0.3, 0.4) is 0 Å². The Kier molecular flexibility index (Phi) is 2.90. The van der Waals surface area contributed by atoms with Crippen molar-refractivity contribution in [2.45, 2.75) is 39.2 Å². The van der Waals surface area contributed by atoms with E-state index >= 15 is 0 Å². The second-order valence-electron chi connectivity index (χ2n) is 3.71. The van der Waals surface area contributed by atoms with E-state index in [9.17, 15) is 4.79 Å². The average Bonchev–Trinajstić information content (AvgIpc) is 2.26. The van der Waals surface area contributed by atoms with Crippen molar-refractivity contribution in [3.63, 3.8) is 0 Å². The average molecular weight is 168 g/mol. The molecule has 0 aromatic carbocycles. The van der Waals surface area contributed by atoms with Crippen LogP contribution in [0.15, 0.2) is 12.2 Å². The fourth-order valence-electron chi connectivity index (χ4n) is 1.46. The van der Waals surface area contributed by atoms with Gasteiger partial charge < -0.3 is 4.74 Å². The molecule has 2 heteroatoms. The Morgan fingerprint density at radius 3 is 2.83 bits per heavy atom. The summed E-state index contributed by atoms with van der Waals surface area (Å²) in [5.41, 5.74) is 1.16. The molecular weight excluding hydrogens is 152 g/mol. The molecule has 1 fully saturated rings. The molecule has 1 aliphatic heterocycles. The zero-order valence-corrected chi connectivity index (χ0v) is 7.80. The lowest BCUT2D eigenvalue weighted by atomic mass is 9.98. The molecule has 0 radical (unpaired) electrons. The smallest absolute Gasteiger partial charge is 0.306 e. The summed E-state index contributed by atoms with van der Waals surface area (Å²) in [6.45, 7) is 7.88. The van der Waals surface area contributed by atoms with Crippen LogP contribution in [0.25, 0.3) is 0 Å². The van der Waals surface area contributed by atoms with Gasteiger partial charge in [-0.05, 0) is 19.8 Å². The quantitative estimate of drug-likeness (QED) is 0.477. The highest BCUT2D eigenvalue weighted by Gasteiger charge is 2.30. The van der Waals surface area contributed by atoms with E-state index in [-0.39, 0.29) is 12.1 Å². The minimum Gasteiger partial charge on any atom is -0.462 e. The fourth-order valence-corrected chi connectivity index (χ4v) is 1.46. The van der Waals surface area contributed by atoms with Crippen LogP contribution in [0.4, 0.5) is 0 Å². The van der Waals surface area contributed by atoms with Gasteiger partial charge in [0, 0.05) is 5.92 Å². The predicted octanol–water partition coefficient (Wildman–Crippen LogP) is 2.29. The lowest BCUT2D eigenvalue weighted by Gasteiger charge is -2.12. The van der Waals surface area contributed by atoms with Crippen LogP contribution < -0.4 is 0 Å². The highest BCUT2D eigenvalue weighted by atomic mass is 16.5. The molecule has 1 saturated heterocycles. The molecule has 0 aromatic heterocycles. The van der Waals surface area contributed by atoms with Crippen molar-refractivity contribution < 1.29 is 9.53 Å². The summed E-state index contributed by atoms with van der Waals surface area (Å²) in [6, 6.07) is 0. The number of cyclic esters (lactones) is 1. The molecule has 68 valence electrons. The van der Waals surface area contributed by atoms with Crippen LogP contribution in [0.5, 0.6) is 0 Å². The van der Waals surface area contributed by atoms with Crippen LogP contribution in [0.2, 0.25) is 0 Å². The first-order chi connectivity index (χ1) is 5.59. The standard InChI is InChI=1S/C10H16O2/c1-7(2)4-5-9-8(3)6-10(11)12-9/h8-9H,1,4-6H2,2-3H3/t8-,9+/m0/s1. The number of allylic oxidation sites excluding steroid dienone is 1.